The van der Waals surface area contributed by atoms with Crippen LogP contribution in [-0.4, -0.2) is 34.7 Å². The van der Waals surface area contributed by atoms with Crippen molar-refractivity contribution in [3.8, 4) is 5.75 Å². The van der Waals surface area contributed by atoms with Crippen molar-refractivity contribution in [3.63, 3.8) is 0 Å². The second kappa shape index (κ2) is 5.72. The Morgan fingerprint density at radius 3 is 2.81 bits per heavy atom. The molecule has 0 aliphatic heterocycles. The number of aliphatic carboxylic acids is 1. The van der Waals surface area contributed by atoms with Crippen molar-refractivity contribution in [1.29, 1.82) is 0 Å². The molecule has 1 rings (SSSR count). The zero-order chi connectivity index (χ0) is 12.1. The molecule has 0 atom stereocenters. The van der Waals surface area contributed by atoms with Crippen LogP contribution in [0.3, 0.4) is 0 Å². The monoisotopic (exact) mass is 243 g/mol. The SMILES string of the molecule is CN(CCC(=O)O)Cc1cc(Cl)ccc1O. The normalized spacial score (nSPS) is 10.7. The summed E-state index contributed by atoms with van der Waals surface area (Å²) >= 11 is 5.80. The fourth-order valence-electron chi connectivity index (χ4n) is 1.34. The Bertz CT molecular complexity index is 381. The van der Waals surface area contributed by atoms with E-state index < -0.39 is 5.97 Å². The zero-order valence-electron chi connectivity index (χ0n) is 8.98. The van der Waals surface area contributed by atoms with Gasteiger partial charge in [-0.3, -0.25) is 4.79 Å². The van der Waals surface area contributed by atoms with Gasteiger partial charge in [-0.1, -0.05) is 11.6 Å². The minimum atomic E-state index is -0.831. The van der Waals surface area contributed by atoms with E-state index in [0.29, 0.717) is 23.7 Å². The largest absolute Gasteiger partial charge is 0.508 e. The minimum absolute atomic E-state index is 0.0812. The minimum Gasteiger partial charge on any atom is -0.508 e. The number of carboxylic acids is 1. The van der Waals surface area contributed by atoms with Gasteiger partial charge in [0.15, 0.2) is 0 Å². The number of carbonyl (C=O) groups is 1. The van der Waals surface area contributed by atoms with Crippen LogP contribution in [0.4, 0.5) is 0 Å². The van der Waals surface area contributed by atoms with Crippen LogP contribution in [-0.2, 0) is 11.3 Å². The Balaban J connectivity index is 2.58. The average molecular weight is 244 g/mol. The van der Waals surface area contributed by atoms with Crippen molar-refractivity contribution in [2.24, 2.45) is 0 Å². The number of halogens is 1. The summed E-state index contributed by atoms with van der Waals surface area (Å²) in [5.41, 5.74) is 0.695. The van der Waals surface area contributed by atoms with Gasteiger partial charge in [-0.05, 0) is 25.2 Å². The molecule has 2 N–H and O–H groups in total. The quantitative estimate of drug-likeness (QED) is 0.830. The van der Waals surface area contributed by atoms with E-state index in [1.54, 1.807) is 19.2 Å². The molecule has 0 aromatic heterocycles. The first-order valence-electron chi connectivity index (χ1n) is 4.87. The summed E-state index contributed by atoms with van der Waals surface area (Å²) in [6.45, 7) is 0.904. The van der Waals surface area contributed by atoms with Gasteiger partial charge in [0.1, 0.15) is 5.75 Å². The molecule has 0 fully saturated rings. The smallest absolute Gasteiger partial charge is 0.304 e. The summed E-state index contributed by atoms with van der Waals surface area (Å²) in [7, 11) is 1.79. The highest BCUT2D eigenvalue weighted by atomic mass is 35.5. The molecule has 1 aromatic rings. The molecule has 1 aromatic carbocycles. The molecule has 0 aliphatic rings. The van der Waals surface area contributed by atoms with Crippen molar-refractivity contribution in [2.45, 2.75) is 13.0 Å². The number of aromatic hydroxyl groups is 1. The van der Waals surface area contributed by atoms with Crippen LogP contribution in [0.5, 0.6) is 5.75 Å². The third kappa shape index (κ3) is 4.08. The fourth-order valence-corrected chi connectivity index (χ4v) is 1.53. The molecule has 0 saturated carbocycles. The molecule has 0 unspecified atom stereocenters. The molecule has 0 amide bonds. The molecule has 0 saturated heterocycles. The lowest BCUT2D eigenvalue weighted by molar-refractivity contribution is -0.137. The highest BCUT2D eigenvalue weighted by Gasteiger charge is 2.07. The number of carboxylic acid groups (broad SMARTS) is 1. The summed E-state index contributed by atoms with van der Waals surface area (Å²) < 4.78 is 0. The fraction of sp³-hybridized carbons (Fsp3) is 0.364. The van der Waals surface area contributed by atoms with Gasteiger partial charge in [0.25, 0.3) is 0 Å². The Hall–Kier alpha value is -1.26. The van der Waals surface area contributed by atoms with Crippen LogP contribution >= 0.6 is 11.6 Å². The maximum absolute atomic E-state index is 10.4. The lowest BCUT2D eigenvalue weighted by Gasteiger charge is -2.16. The summed E-state index contributed by atoms with van der Waals surface area (Å²) in [5.74, 6) is -0.659. The van der Waals surface area contributed by atoms with Crippen LogP contribution in [0.25, 0.3) is 0 Å². The van der Waals surface area contributed by atoms with E-state index in [1.165, 1.54) is 6.07 Å². The molecule has 0 aliphatic carbocycles. The first-order valence-corrected chi connectivity index (χ1v) is 5.24. The molecule has 0 heterocycles. The van der Waals surface area contributed by atoms with Gasteiger partial charge in [-0.2, -0.15) is 0 Å². The number of phenols is 1. The molecule has 0 radical (unpaired) electrons. The first kappa shape index (κ1) is 12.8. The molecular weight excluding hydrogens is 230 g/mol. The highest BCUT2D eigenvalue weighted by Crippen LogP contribution is 2.22. The standard InChI is InChI=1S/C11H14ClNO3/c1-13(5-4-11(15)16)7-8-6-9(12)2-3-10(8)14/h2-3,6,14H,4-5,7H2,1H3,(H,15,16). The van der Waals surface area contributed by atoms with Gasteiger partial charge in [0, 0.05) is 23.7 Å². The Labute approximate surface area is 99.1 Å². The number of hydrogen-bond donors (Lipinski definition) is 2. The number of benzene rings is 1. The van der Waals surface area contributed by atoms with Crippen LogP contribution in [0.1, 0.15) is 12.0 Å². The molecule has 0 bridgehead atoms. The summed E-state index contributed by atoms with van der Waals surface area (Å²) in [6, 6.07) is 4.81. The predicted molar refractivity (Wildman–Crippen MR) is 61.7 cm³/mol. The van der Waals surface area contributed by atoms with Crippen LogP contribution in [0.15, 0.2) is 18.2 Å². The molecule has 88 valence electrons. The number of hydrogen-bond acceptors (Lipinski definition) is 3. The van der Waals surface area contributed by atoms with Crippen LogP contribution in [0.2, 0.25) is 5.02 Å². The lowest BCUT2D eigenvalue weighted by Crippen LogP contribution is -2.21. The van der Waals surface area contributed by atoms with E-state index >= 15 is 0 Å². The number of rotatable bonds is 5. The van der Waals surface area contributed by atoms with E-state index in [0.717, 1.165) is 0 Å². The lowest BCUT2D eigenvalue weighted by atomic mass is 10.2. The molecule has 5 heteroatoms. The van der Waals surface area contributed by atoms with Gasteiger partial charge in [-0.15, -0.1) is 0 Å². The van der Waals surface area contributed by atoms with E-state index in [2.05, 4.69) is 0 Å². The highest BCUT2D eigenvalue weighted by molar-refractivity contribution is 6.30. The summed E-state index contributed by atoms with van der Waals surface area (Å²) in [4.78, 5) is 12.2. The molecule has 16 heavy (non-hydrogen) atoms. The van der Waals surface area contributed by atoms with Gasteiger partial charge >= 0.3 is 5.97 Å². The molecule has 4 nitrogen and oxygen atoms in total. The molecule has 0 spiro atoms. The van der Waals surface area contributed by atoms with E-state index in [1.807, 2.05) is 4.90 Å². The van der Waals surface area contributed by atoms with Crippen molar-refractivity contribution in [1.82, 2.24) is 4.90 Å². The van der Waals surface area contributed by atoms with Gasteiger partial charge in [0.05, 0.1) is 6.42 Å². The number of nitrogens with zero attached hydrogens (tertiary/aromatic N) is 1. The van der Waals surface area contributed by atoms with Crippen LogP contribution in [0, 0.1) is 0 Å². The second-order valence-corrected chi connectivity index (χ2v) is 4.09. The number of phenolic OH excluding ortho intramolecular Hbond substituents is 1. The van der Waals surface area contributed by atoms with E-state index in [9.17, 15) is 9.90 Å². The van der Waals surface area contributed by atoms with E-state index in [-0.39, 0.29) is 12.2 Å². The maximum Gasteiger partial charge on any atom is 0.304 e. The van der Waals surface area contributed by atoms with Crippen molar-refractivity contribution >= 4 is 17.6 Å². The summed E-state index contributed by atoms with van der Waals surface area (Å²) in [6.07, 6.45) is 0.0812. The van der Waals surface area contributed by atoms with Crippen molar-refractivity contribution in [2.75, 3.05) is 13.6 Å². The topological polar surface area (TPSA) is 60.8 Å². The first-order chi connectivity index (χ1) is 7.49. The van der Waals surface area contributed by atoms with Gasteiger partial charge < -0.3 is 15.1 Å². The Kier molecular flexibility index (Phi) is 4.58. The Morgan fingerprint density at radius 2 is 2.19 bits per heavy atom. The summed E-state index contributed by atoms with van der Waals surface area (Å²) in [5, 5.41) is 18.6. The van der Waals surface area contributed by atoms with E-state index in [4.69, 9.17) is 16.7 Å². The average Bonchev–Trinajstić information content (AvgIpc) is 2.20. The van der Waals surface area contributed by atoms with Gasteiger partial charge in [-0.25, -0.2) is 0 Å². The van der Waals surface area contributed by atoms with Crippen LogP contribution < -0.4 is 0 Å². The second-order valence-electron chi connectivity index (χ2n) is 3.65. The zero-order valence-corrected chi connectivity index (χ0v) is 9.74. The van der Waals surface area contributed by atoms with Crippen molar-refractivity contribution < 1.29 is 15.0 Å². The Morgan fingerprint density at radius 1 is 1.50 bits per heavy atom. The molecular formula is C11H14ClNO3. The van der Waals surface area contributed by atoms with Gasteiger partial charge in [0.2, 0.25) is 0 Å². The third-order valence-corrected chi connectivity index (χ3v) is 2.42. The maximum atomic E-state index is 10.4. The third-order valence-electron chi connectivity index (χ3n) is 2.19. The van der Waals surface area contributed by atoms with Crippen molar-refractivity contribution in [3.05, 3.63) is 28.8 Å². The predicted octanol–water partition coefficient (Wildman–Crippen LogP) is 1.95.